The fourth-order valence-corrected chi connectivity index (χ4v) is 2.07. The molecule has 0 unspecified atom stereocenters. The summed E-state index contributed by atoms with van der Waals surface area (Å²) in [6.07, 6.45) is 0. The maximum atomic E-state index is 11.6. The van der Waals surface area contributed by atoms with Crippen LogP contribution in [0.3, 0.4) is 0 Å². The van der Waals surface area contributed by atoms with Gasteiger partial charge in [-0.05, 0) is 12.1 Å². The minimum absolute atomic E-state index is 0.0126. The van der Waals surface area contributed by atoms with E-state index in [1.54, 1.807) is 0 Å². The minimum atomic E-state index is -0.710. The molecule has 1 aromatic heterocycles. The third-order valence-electron chi connectivity index (χ3n) is 2.97. The highest BCUT2D eigenvalue weighted by molar-refractivity contribution is 6.02. The summed E-state index contributed by atoms with van der Waals surface area (Å²) < 4.78 is 9.53. The molecule has 0 spiro atoms. The number of hydrogen-bond donors (Lipinski definition) is 2. The van der Waals surface area contributed by atoms with Crippen molar-refractivity contribution in [2.24, 2.45) is 0 Å². The molecule has 0 atom stereocenters. The van der Waals surface area contributed by atoms with Crippen molar-refractivity contribution in [3.63, 3.8) is 0 Å². The zero-order chi connectivity index (χ0) is 14.9. The van der Waals surface area contributed by atoms with Crippen LogP contribution in [0.4, 0.5) is 5.69 Å². The SMILES string of the molecule is COC(=O)c1[nH]c2c([N+](=O)[O-])c(OC)ccc2c1CO. The summed E-state index contributed by atoms with van der Waals surface area (Å²) in [5.74, 6) is -0.650. The van der Waals surface area contributed by atoms with Crippen molar-refractivity contribution in [2.45, 2.75) is 6.61 Å². The molecule has 0 aliphatic rings. The first-order valence-corrected chi connectivity index (χ1v) is 5.60. The zero-order valence-corrected chi connectivity index (χ0v) is 10.8. The van der Waals surface area contributed by atoms with Crippen LogP contribution in [0.25, 0.3) is 10.9 Å². The van der Waals surface area contributed by atoms with Crippen molar-refractivity contribution >= 4 is 22.6 Å². The smallest absolute Gasteiger partial charge is 0.354 e. The quantitative estimate of drug-likeness (QED) is 0.496. The van der Waals surface area contributed by atoms with Crippen molar-refractivity contribution in [3.05, 3.63) is 33.5 Å². The topological polar surface area (TPSA) is 115 Å². The number of aromatic amines is 1. The molecule has 20 heavy (non-hydrogen) atoms. The van der Waals surface area contributed by atoms with E-state index in [1.807, 2.05) is 0 Å². The summed E-state index contributed by atoms with van der Waals surface area (Å²) in [5.41, 5.74) is 0.0487. The van der Waals surface area contributed by atoms with E-state index in [-0.39, 0.29) is 28.2 Å². The minimum Gasteiger partial charge on any atom is -0.490 e. The molecular weight excluding hydrogens is 268 g/mol. The van der Waals surface area contributed by atoms with Gasteiger partial charge in [-0.1, -0.05) is 0 Å². The van der Waals surface area contributed by atoms with E-state index < -0.39 is 17.5 Å². The van der Waals surface area contributed by atoms with Gasteiger partial charge in [-0.2, -0.15) is 0 Å². The molecule has 1 aromatic carbocycles. The van der Waals surface area contributed by atoms with Crippen LogP contribution < -0.4 is 4.74 Å². The number of nitro benzene ring substituents is 1. The maximum Gasteiger partial charge on any atom is 0.354 e. The average molecular weight is 280 g/mol. The number of methoxy groups -OCH3 is 2. The van der Waals surface area contributed by atoms with Gasteiger partial charge < -0.3 is 19.6 Å². The van der Waals surface area contributed by atoms with E-state index >= 15 is 0 Å². The van der Waals surface area contributed by atoms with E-state index in [0.29, 0.717) is 5.39 Å². The largest absolute Gasteiger partial charge is 0.490 e. The number of aliphatic hydroxyl groups excluding tert-OH is 1. The van der Waals surface area contributed by atoms with Crippen LogP contribution in [0.5, 0.6) is 5.75 Å². The highest BCUT2D eigenvalue weighted by atomic mass is 16.6. The van der Waals surface area contributed by atoms with Gasteiger partial charge in [0.05, 0.1) is 25.7 Å². The number of nitrogens with zero attached hydrogens (tertiary/aromatic N) is 1. The Balaban J connectivity index is 2.85. The highest BCUT2D eigenvalue weighted by Gasteiger charge is 2.26. The maximum absolute atomic E-state index is 11.6. The molecule has 2 aromatic rings. The first kappa shape index (κ1) is 13.8. The van der Waals surface area contributed by atoms with Gasteiger partial charge in [-0.25, -0.2) is 4.79 Å². The van der Waals surface area contributed by atoms with E-state index in [0.717, 1.165) is 0 Å². The number of esters is 1. The lowest BCUT2D eigenvalue weighted by molar-refractivity contribution is -0.384. The fraction of sp³-hybridized carbons (Fsp3) is 0.250. The summed E-state index contributed by atoms with van der Waals surface area (Å²) in [6, 6.07) is 2.95. The molecule has 0 aliphatic heterocycles. The van der Waals surface area contributed by atoms with Gasteiger partial charge >= 0.3 is 11.7 Å². The number of aliphatic hydroxyl groups is 1. The molecule has 0 aliphatic carbocycles. The summed E-state index contributed by atoms with van der Waals surface area (Å²) in [5, 5.41) is 20.9. The van der Waals surface area contributed by atoms with Gasteiger partial charge in [0.25, 0.3) is 0 Å². The Bertz CT molecular complexity index is 691. The van der Waals surface area contributed by atoms with Crippen LogP contribution in [-0.2, 0) is 11.3 Å². The van der Waals surface area contributed by atoms with Crippen LogP contribution >= 0.6 is 0 Å². The molecule has 8 nitrogen and oxygen atoms in total. The van der Waals surface area contributed by atoms with Gasteiger partial charge in [-0.3, -0.25) is 10.1 Å². The van der Waals surface area contributed by atoms with Gasteiger partial charge in [0, 0.05) is 10.9 Å². The normalized spacial score (nSPS) is 10.6. The van der Waals surface area contributed by atoms with Gasteiger partial charge in [-0.15, -0.1) is 0 Å². The number of rotatable bonds is 4. The number of carbonyl (C=O) groups excluding carboxylic acids is 1. The number of ether oxygens (including phenoxy) is 2. The second-order valence-electron chi connectivity index (χ2n) is 3.92. The lowest BCUT2D eigenvalue weighted by Crippen LogP contribution is -2.05. The summed E-state index contributed by atoms with van der Waals surface area (Å²) in [4.78, 5) is 24.8. The number of hydrogen-bond acceptors (Lipinski definition) is 6. The zero-order valence-electron chi connectivity index (χ0n) is 10.8. The number of aromatic nitrogens is 1. The third kappa shape index (κ3) is 1.95. The number of nitrogens with one attached hydrogen (secondary N) is 1. The predicted molar refractivity (Wildman–Crippen MR) is 68.8 cm³/mol. The Morgan fingerprint density at radius 3 is 2.65 bits per heavy atom. The Hall–Kier alpha value is -2.61. The standard InChI is InChI=1S/C12H12N2O6/c1-19-8-4-3-6-7(5-15)10(12(16)20-2)13-9(6)11(8)14(17)18/h3-4,13,15H,5H2,1-2H3. The third-order valence-corrected chi connectivity index (χ3v) is 2.97. The van der Waals surface area contributed by atoms with Crippen molar-refractivity contribution < 1.29 is 24.3 Å². The van der Waals surface area contributed by atoms with E-state index in [4.69, 9.17) is 4.74 Å². The van der Waals surface area contributed by atoms with Crippen molar-refractivity contribution in [2.75, 3.05) is 14.2 Å². The van der Waals surface area contributed by atoms with Gasteiger partial charge in [0.2, 0.25) is 0 Å². The highest BCUT2D eigenvalue weighted by Crippen LogP contribution is 2.37. The second kappa shape index (κ2) is 5.17. The number of nitro groups is 1. The number of carbonyl (C=O) groups is 1. The Morgan fingerprint density at radius 1 is 1.45 bits per heavy atom. The van der Waals surface area contributed by atoms with Crippen LogP contribution in [-0.4, -0.2) is 35.2 Å². The summed E-state index contributed by atoms with van der Waals surface area (Å²) in [7, 11) is 2.50. The van der Waals surface area contributed by atoms with Crippen LogP contribution in [0, 0.1) is 10.1 Å². The molecule has 0 amide bonds. The molecule has 2 rings (SSSR count). The molecule has 2 N–H and O–H groups in total. The van der Waals surface area contributed by atoms with Gasteiger partial charge in [0.1, 0.15) is 11.2 Å². The lowest BCUT2D eigenvalue weighted by Gasteiger charge is -2.02. The first-order chi connectivity index (χ1) is 9.54. The molecule has 0 saturated carbocycles. The van der Waals surface area contributed by atoms with Crippen LogP contribution in [0.1, 0.15) is 16.1 Å². The molecule has 8 heteroatoms. The van der Waals surface area contributed by atoms with Crippen LogP contribution in [0.2, 0.25) is 0 Å². The monoisotopic (exact) mass is 280 g/mol. The number of benzene rings is 1. The van der Waals surface area contributed by atoms with E-state index in [9.17, 15) is 20.0 Å². The Labute approximate surface area is 113 Å². The van der Waals surface area contributed by atoms with Gasteiger partial charge in [0.15, 0.2) is 5.75 Å². The predicted octanol–water partition coefficient (Wildman–Crippen LogP) is 1.36. The molecule has 0 radical (unpaired) electrons. The molecule has 106 valence electrons. The van der Waals surface area contributed by atoms with Crippen molar-refractivity contribution in [3.8, 4) is 5.75 Å². The van der Waals surface area contributed by atoms with E-state index in [1.165, 1.54) is 26.4 Å². The molecule has 0 bridgehead atoms. The summed E-state index contributed by atoms with van der Waals surface area (Å²) >= 11 is 0. The van der Waals surface area contributed by atoms with Crippen LogP contribution in [0.15, 0.2) is 12.1 Å². The Morgan fingerprint density at radius 2 is 2.15 bits per heavy atom. The fourth-order valence-electron chi connectivity index (χ4n) is 2.07. The number of H-pyrrole nitrogens is 1. The van der Waals surface area contributed by atoms with E-state index in [2.05, 4.69) is 9.72 Å². The summed E-state index contributed by atoms with van der Waals surface area (Å²) in [6.45, 7) is -0.450. The second-order valence-corrected chi connectivity index (χ2v) is 3.92. The molecule has 1 heterocycles. The van der Waals surface area contributed by atoms with Crippen molar-refractivity contribution in [1.82, 2.24) is 4.98 Å². The first-order valence-electron chi connectivity index (χ1n) is 5.60. The molecular formula is C12H12N2O6. The number of fused-ring (bicyclic) bond motifs is 1. The Kier molecular flexibility index (Phi) is 3.57. The van der Waals surface area contributed by atoms with Crippen molar-refractivity contribution in [1.29, 1.82) is 0 Å². The average Bonchev–Trinajstić information content (AvgIpc) is 2.83. The molecule has 0 fully saturated rings. The molecule has 0 saturated heterocycles. The lowest BCUT2D eigenvalue weighted by atomic mass is 10.1.